The van der Waals surface area contributed by atoms with Gasteiger partial charge in [-0.15, -0.1) is 0 Å². The van der Waals surface area contributed by atoms with Gasteiger partial charge in [0.05, 0.1) is 11.1 Å². The fourth-order valence-electron chi connectivity index (χ4n) is 1.68. The molecule has 7 heteroatoms. The average molecular weight is 255 g/mol. The van der Waals surface area contributed by atoms with Crippen molar-refractivity contribution in [2.45, 2.75) is 45.6 Å². The molecule has 100 valence electrons. The van der Waals surface area contributed by atoms with Crippen molar-refractivity contribution in [3.63, 3.8) is 0 Å². The predicted octanol–water partition coefficient (Wildman–Crippen LogP) is 1.42. The number of hydrogen-bond acceptors (Lipinski definition) is 4. The summed E-state index contributed by atoms with van der Waals surface area (Å²) in [5, 5.41) is 10.6. The first kappa shape index (κ1) is 14.1. The van der Waals surface area contributed by atoms with Gasteiger partial charge in [-0.2, -0.15) is 0 Å². The quantitative estimate of drug-likeness (QED) is 0.452. The lowest BCUT2D eigenvalue weighted by molar-refractivity contribution is -0.386. The number of unbranched alkanes of at least 4 members (excludes halogenated alkanes) is 4. The second-order valence-electron chi connectivity index (χ2n) is 4.14. The molecule has 0 radical (unpaired) electrons. The van der Waals surface area contributed by atoms with Crippen molar-refractivity contribution in [1.29, 1.82) is 0 Å². The van der Waals surface area contributed by atoms with Crippen LogP contribution < -0.4 is 11.2 Å². The van der Waals surface area contributed by atoms with Crippen LogP contribution in [0.3, 0.4) is 0 Å². The molecule has 0 saturated heterocycles. The number of hydrogen-bond donors (Lipinski definition) is 1. The molecule has 18 heavy (non-hydrogen) atoms. The smallest absolute Gasteiger partial charge is 0.294 e. The van der Waals surface area contributed by atoms with Crippen molar-refractivity contribution in [2.75, 3.05) is 0 Å². The molecule has 0 spiro atoms. The van der Waals surface area contributed by atoms with Crippen molar-refractivity contribution in [1.82, 2.24) is 9.55 Å². The van der Waals surface area contributed by atoms with Crippen molar-refractivity contribution in [3.8, 4) is 0 Å². The van der Waals surface area contributed by atoms with E-state index in [-0.39, 0.29) is 0 Å². The lowest BCUT2D eigenvalue weighted by Gasteiger charge is -2.04. The molecule has 0 aliphatic rings. The summed E-state index contributed by atoms with van der Waals surface area (Å²) in [4.78, 5) is 34.3. The van der Waals surface area contributed by atoms with Crippen molar-refractivity contribution < 1.29 is 4.92 Å². The molecule has 0 unspecified atom stereocenters. The van der Waals surface area contributed by atoms with Gasteiger partial charge in [-0.25, -0.2) is 4.79 Å². The zero-order chi connectivity index (χ0) is 13.5. The van der Waals surface area contributed by atoms with E-state index in [9.17, 15) is 19.7 Å². The van der Waals surface area contributed by atoms with Crippen molar-refractivity contribution in [2.24, 2.45) is 0 Å². The van der Waals surface area contributed by atoms with Gasteiger partial charge >= 0.3 is 16.9 Å². The third-order valence-corrected chi connectivity index (χ3v) is 2.69. The van der Waals surface area contributed by atoms with E-state index in [1.54, 1.807) is 0 Å². The van der Waals surface area contributed by atoms with Gasteiger partial charge in [0.25, 0.3) is 0 Å². The molecule has 0 bridgehead atoms. The molecule has 0 fully saturated rings. The molecule has 1 heterocycles. The van der Waals surface area contributed by atoms with E-state index >= 15 is 0 Å². The van der Waals surface area contributed by atoms with Crippen LogP contribution in [0.15, 0.2) is 15.8 Å². The summed E-state index contributed by atoms with van der Waals surface area (Å²) in [5.41, 5.74) is -2.14. The standard InChI is InChI=1S/C11H17N3O4/c1-2-3-4-5-6-7-13-8-9(14(17)18)10(15)12-11(13)16/h8H,2-7H2,1H3,(H,12,15,16). The van der Waals surface area contributed by atoms with Gasteiger partial charge in [0.15, 0.2) is 0 Å². The fourth-order valence-corrected chi connectivity index (χ4v) is 1.68. The van der Waals surface area contributed by atoms with Crippen LogP contribution in [-0.4, -0.2) is 14.5 Å². The molecular weight excluding hydrogens is 238 g/mol. The van der Waals surface area contributed by atoms with Crippen molar-refractivity contribution >= 4 is 5.69 Å². The normalized spacial score (nSPS) is 10.5. The van der Waals surface area contributed by atoms with Gasteiger partial charge < -0.3 is 0 Å². The highest BCUT2D eigenvalue weighted by atomic mass is 16.6. The number of nitrogens with zero attached hydrogens (tertiary/aromatic N) is 2. The predicted molar refractivity (Wildman–Crippen MR) is 66.7 cm³/mol. The minimum Gasteiger partial charge on any atom is -0.294 e. The number of nitrogens with one attached hydrogen (secondary N) is 1. The molecule has 0 aliphatic heterocycles. The summed E-state index contributed by atoms with van der Waals surface area (Å²) < 4.78 is 1.19. The number of H-pyrrole nitrogens is 1. The maximum Gasteiger partial charge on any atom is 0.350 e. The van der Waals surface area contributed by atoms with E-state index < -0.39 is 21.9 Å². The lowest BCUT2D eigenvalue weighted by Crippen LogP contribution is -2.30. The van der Waals surface area contributed by atoms with E-state index in [0.29, 0.717) is 6.54 Å². The van der Waals surface area contributed by atoms with E-state index in [0.717, 1.165) is 38.3 Å². The van der Waals surface area contributed by atoms with Crippen LogP contribution in [0, 0.1) is 10.1 Å². The number of rotatable bonds is 7. The van der Waals surface area contributed by atoms with Crippen LogP contribution in [0.5, 0.6) is 0 Å². The summed E-state index contributed by atoms with van der Waals surface area (Å²) in [7, 11) is 0. The Balaban J connectivity index is 2.71. The van der Waals surface area contributed by atoms with Crippen LogP contribution >= 0.6 is 0 Å². The summed E-state index contributed by atoms with van der Waals surface area (Å²) in [6, 6.07) is 0. The average Bonchev–Trinajstić information content (AvgIpc) is 2.30. The molecule has 1 rings (SSSR count). The SMILES string of the molecule is CCCCCCCn1cc([N+](=O)[O-])c(=O)[nH]c1=O. The summed E-state index contributed by atoms with van der Waals surface area (Å²) in [5.74, 6) is 0. The molecule has 0 aliphatic carbocycles. The zero-order valence-electron chi connectivity index (χ0n) is 10.3. The Morgan fingerprint density at radius 1 is 1.28 bits per heavy atom. The zero-order valence-corrected chi connectivity index (χ0v) is 10.3. The molecule has 0 aromatic carbocycles. The summed E-state index contributed by atoms with van der Waals surface area (Å²) in [6.45, 7) is 2.50. The highest BCUT2D eigenvalue weighted by molar-refractivity contribution is 5.20. The Morgan fingerprint density at radius 3 is 2.56 bits per heavy atom. The molecule has 1 aromatic rings. The van der Waals surface area contributed by atoms with Gasteiger partial charge in [-0.3, -0.25) is 24.5 Å². The number of aryl methyl sites for hydroxylation is 1. The van der Waals surface area contributed by atoms with Crippen LogP contribution in [-0.2, 0) is 6.54 Å². The maximum atomic E-state index is 11.4. The van der Waals surface area contributed by atoms with Gasteiger partial charge in [0.2, 0.25) is 0 Å². The maximum absolute atomic E-state index is 11.4. The molecule has 0 saturated carbocycles. The topological polar surface area (TPSA) is 98.0 Å². The van der Waals surface area contributed by atoms with Crippen LogP contribution in [0.25, 0.3) is 0 Å². The van der Waals surface area contributed by atoms with Crippen LogP contribution in [0.2, 0.25) is 0 Å². The molecule has 1 aromatic heterocycles. The molecular formula is C11H17N3O4. The van der Waals surface area contributed by atoms with Crippen LogP contribution in [0.1, 0.15) is 39.0 Å². The minimum atomic E-state index is -0.952. The second-order valence-corrected chi connectivity index (χ2v) is 4.14. The van der Waals surface area contributed by atoms with Gasteiger partial charge in [0.1, 0.15) is 0 Å². The third-order valence-electron chi connectivity index (χ3n) is 2.69. The number of aromatic amines is 1. The summed E-state index contributed by atoms with van der Waals surface area (Å²) >= 11 is 0. The molecule has 0 atom stereocenters. The Bertz CT molecular complexity index is 518. The Morgan fingerprint density at radius 2 is 1.94 bits per heavy atom. The van der Waals surface area contributed by atoms with Gasteiger partial charge in [0, 0.05) is 6.54 Å². The van der Waals surface area contributed by atoms with E-state index in [1.165, 1.54) is 4.57 Å². The highest BCUT2D eigenvalue weighted by Gasteiger charge is 2.14. The minimum absolute atomic E-state index is 0.389. The number of nitro groups is 1. The van der Waals surface area contributed by atoms with E-state index in [4.69, 9.17) is 0 Å². The van der Waals surface area contributed by atoms with Crippen molar-refractivity contribution in [3.05, 3.63) is 37.1 Å². The first-order valence-electron chi connectivity index (χ1n) is 6.04. The fraction of sp³-hybridized carbons (Fsp3) is 0.636. The first-order valence-corrected chi connectivity index (χ1v) is 6.04. The monoisotopic (exact) mass is 255 g/mol. The van der Waals surface area contributed by atoms with E-state index in [1.807, 2.05) is 4.98 Å². The van der Waals surface area contributed by atoms with Gasteiger partial charge in [-0.05, 0) is 6.42 Å². The molecule has 1 N–H and O–H groups in total. The second kappa shape index (κ2) is 6.73. The van der Waals surface area contributed by atoms with Gasteiger partial charge in [-0.1, -0.05) is 32.6 Å². The highest BCUT2D eigenvalue weighted by Crippen LogP contribution is 2.04. The largest absolute Gasteiger partial charge is 0.350 e. The van der Waals surface area contributed by atoms with E-state index in [2.05, 4.69) is 6.92 Å². The molecule has 7 nitrogen and oxygen atoms in total. The lowest BCUT2D eigenvalue weighted by atomic mass is 10.1. The third kappa shape index (κ3) is 3.83. The molecule has 0 amide bonds. The van der Waals surface area contributed by atoms with Crippen LogP contribution in [0.4, 0.5) is 5.69 Å². The Hall–Kier alpha value is -1.92. The first-order chi connectivity index (χ1) is 8.56. The Labute approximate surface area is 104 Å². The summed E-state index contributed by atoms with van der Waals surface area (Å²) in [6.07, 6.45) is 6.10. The Kier molecular flexibility index (Phi) is 5.29. The number of aromatic nitrogens is 2.